The Morgan fingerprint density at radius 1 is 1.19 bits per heavy atom. The Morgan fingerprint density at radius 3 is 2.69 bits per heavy atom. The van der Waals surface area contributed by atoms with Crippen molar-refractivity contribution in [3.8, 4) is 0 Å². The largest absolute Gasteiger partial charge is 0.315 e. The molecule has 0 unspecified atom stereocenters. The summed E-state index contributed by atoms with van der Waals surface area (Å²) in [4.78, 5) is 6.79. The van der Waals surface area contributed by atoms with Crippen molar-refractivity contribution in [2.24, 2.45) is 4.99 Å². The molecule has 2 aliphatic heterocycles. The van der Waals surface area contributed by atoms with Crippen LogP contribution in [0.15, 0.2) is 58.0 Å². The highest BCUT2D eigenvalue weighted by molar-refractivity contribution is 9.10. The van der Waals surface area contributed by atoms with Crippen molar-refractivity contribution in [3.63, 3.8) is 0 Å². The number of aliphatic imine (C=N–C) groups is 1. The van der Waals surface area contributed by atoms with E-state index in [2.05, 4.69) is 28.1 Å². The summed E-state index contributed by atoms with van der Waals surface area (Å²) >= 11 is 11.2. The maximum atomic E-state index is 12.1. The highest BCUT2D eigenvalue weighted by Crippen LogP contribution is 2.36. The molecule has 4 nitrogen and oxygen atoms in total. The number of sulfone groups is 1. The molecular formula is C18H16BrClN2O2S2. The van der Waals surface area contributed by atoms with Crippen LogP contribution in [-0.2, 0) is 15.6 Å². The van der Waals surface area contributed by atoms with Gasteiger partial charge in [-0.25, -0.2) is 8.42 Å². The third-order valence-corrected chi connectivity index (χ3v) is 7.98. The van der Waals surface area contributed by atoms with E-state index in [4.69, 9.17) is 16.6 Å². The lowest BCUT2D eigenvalue weighted by Crippen LogP contribution is -2.39. The van der Waals surface area contributed by atoms with Gasteiger partial charge in [0.05, 0.1) is 23.6 Å². The van der Waals surface area contributed by atoms with E-state index in [1.807, 2.05) is 41.3 Å². The van der Waals surface area contributed by atoms with Crippen molar-refractivity contribution in [1.29, 1.82) is 0 Å². The number of hydrogen-bond acceptors (Lipinski definition) is 5. The molecule has 0 radical (unpaired) electrons. The highest BCUT2D eigenvalue weighted by atomic mass is 79.9. The average Bonchev–Trinajstić information content (AvgIpc) is 3.05. The summed E-state index contributed by atoms with van der Waals surface area (Å²) in [6.07, 6.45) is 0. The minimum Gasteiger partial charge on any atom is -0.315 e. The number of benzene rings is 2. The van der Waals surface area contributed by atoms with Gasteiger partial charge in [-0.2, -0.15) is 0 Å². The summed E-state index contributed by atoms with van der Waals surface area (Å²) in [5.74, 6) is 1.03. The monoisotopic (exact) mass is 470 g/mol. The lowest BCUT2D eigenvalue weighted by atomic mass is 10.1. The van der Waals surface area contributed by atoms with E-state index in [9.17, 15) is 8.42 Å². The van der Waals surface area contributed by atoms with Crippen LogP contribution in [0.5, 0.6) is 0 Å². The molecule has 2 aliphatic rings. The number of fused-ring (bicyclic) bond motifs is 1. The molecule has 0 spiro atoms. The van der Waals surface area contributed by atoms with Gasteiger partial charge in [-0.3, -0.25) is 4.99 Å². The topological polar surface area (TPSA) is 49.7 Å². The number of anilines is 1. The normalized spacial score (nSPS) is 23.8. The Labute approximate surface area is 170 Å². The summed E-state index contributed by atoms with van der Waals surface area (Å²) in [6, 6.07) is 15.3. The molecule has 1 saturated heterocycles. The molecule has 0 aromatic heterocycles. The van der Waals surface area contributed by atoms with E-state index in [0.29, 0.717) is 5.02 Å². The van der Waals surface area contributed by atoms with Crippen LogP contribution in [0.2, 0.25) is 5.02 Å². The van der Waals surface area contributed by atoms with Crippen LogP contribution in [0.1, 0.15) is 5.56 Å². The van der Waals surface area contributed by atoms with Crippen LogP contribution in [0.25, 0.3) is 0 Å². The first-order valence-corrected chi connectivity index (χ1v) is 12.1. The van der Waals surface area contributed by atoms with Gasteiger partial charge in [-0.15, -0.1) is 0 Å². The predicted octanol–water partition coefficient (Wildman–Crippen LogP) is 4.38. The first-order chi connectivity index (χ1) is 12.4. The molecule has 0 amide bonds. The summed E-state index contributed by atoms with van der Waals surface area (Å²) in [5, 5.41) is 1.49. The Morgan fingerprint density at radius 2 is 1.96 bits per heavy atom. The second-order valence-corrected chi connectivity index (χ2v) is 10.8. The molecule has 0 saturated carbocycles. The van der Waals surface area contributed by atoms with E-state index in [1.54, 1.807) is 11.8 Å². The van der Waals surface area contributed by atoms with Crippen LogP contribution < -0.4 is 4.90 Å². The Hall–Kier alpha value is -1.02. The minimum atomic E-state index is -3.05. The van der Waals surface area contributed by atoms with Gasteiger partial charge in [0, 0.05) is 20.9 Å². The number of halogens is 2. The zero-order valence-corrected chi connectivity index (χ0v) is 17.7. The summed E-state index contributed by atoms with van der Waals surface area (Å²) in [6.45, 7) is 0. The minimum absolute atomic E-state index is 0.122. The lowest BCUT2D eigenvalue weighted by Gasteiger charge is -2.26. The molecule has 2 atom stereocenters. The van der Waals surface area contributed by atoms with Gasteiger partial charge in [0.15, 0.2) is 15.0 Å². The van der Waals surface area contributed by atoms with E-state index < -0.39 is 9.84 Å². The van der Waals surface area contributed by atoms with Crippen molar-refractivity contribution in [3.05, 3.63) is 63.6 Å². The number of thioether (sulfide) groups is 1. The SMILES string of the molecule is O=S1(=O)C[C@@H]2[C@@H](C1)N=C(SCc1ccc(Br)cc1)N2c1cccc(Cl)c1. The fourth-order valence-corrected chi connectivity index (χ4v) is 6.66. The van der Waals surface area contributed by atoms with Crippen molar-refractivity contribution in [2.75, 3.05) is 16.4 Å². The molecular weight excluding hydrogens is 456 g/mol. The molecule has 136 valence electrons. The fourth-order valence-electron chi connectivity index (χ4n) is 3.29. The third kappa shape index (κ3) is 3.81. The quantitative estimate of drug-likeness (QED) is 0.667. The first-order valence-electron chi connectivity index (χ1n) is 8.11. The number of hydrogen-bond donors (Lipinski definition) is 0. The Balaban J connectivity index is 1.61. The molecule has 2 aromatic carbocycles. The van der Waals surface area contributed by atoms with Gasteiger partial charge in [-0.05, 0) is 35.9 Å². The van der Waals surface area contributed by atoms with Crippen molar-refractivity contribution in [1.82, 2.24) is 0 Å². The van der Waals surface area contributed by atoms with E-state index >= 15 is 0 Å². The van der Waals surface area contributed by atoms with Gasteiger partial charge in [0.25, 0.3) is 0 Å². The van der Waals surface area contributed by atoms with E-state index in [0.717, 1.165) is 21.1 Å². The standard InChI is InChI=1S/C18H16BrClN2O2S2/c19-13-6-4-12(5-7-13)9-25-18-21-16-10-26(23,24)11-17(16)22(18)15-3-1-2-14(20)8-15/h1-8,16-17H,9-11H2/t16-,17-/m1/s1. The molecule has 26 heavy (non-hydrogen) atoms. The Bertz CT molecular complexity index is 963. The molecule has 0 N–H and O–H groups in total. The zero-order chi connectivity index (χ0) is 18.3. The van der Waals surface area contributed by atoms with Crippen molar-refractivity contribution < 1.29 is 8.42 Å². The first kappa shape index (κ1) is 18.3. The van der Waals surface area contributed by atoms with Gasteiger partial charge in [0.2, 0.25) is 0 Å². The van der Waals surface area contributed by atoms with Crippen LogP contribution in [0, 0.1) is 0 Å². The molecule has 1 fully saturated rings. The molecule has 4 rings (SSSR count). The van der Waals surface area contributed by atoms with Gasteiger partial charge >= 0.3 is 0 Å². The second kappa shape index (κ2) is 7.19. The van der Waals surface area contributed by atoms with Crippen LogP contribution in [0.3, 0.4) is 0 Å². The lowest BCUT2D eigenvalue weighted by molar-refractivity contribution is 0.601. The molecule has 2 heterocycles. The van der Waals surface area contributed by atoms with Crippen LogP contribution in [-0.4, -0.2) is 37.2 Å². The molecule has 2 aromatic rings. The summed E-state index contributed by atoms with van der Waals surface area (Å²) in [5.41, 5.74) is 2.08. The third-order valence-electron chi connectivity index (χ3n) is 4.48. The molecule has 0 bridgehead atoms. The molecule has 0 aliphatic carbocycles. The van der Waals surface area contributed by atoms with Gasteiger partial charge < -0.3 is 4.90 Å². The maximum Gasteiger partial charge on any atom is 0.164 e. The smallest absolute Gasteiger partial charge is 0.164 e. The van der Waals surface area contributed by atoms with Gasteiger partial charge in [-0.1, -0.05) is 57.5 Å². The average molecular weight is 472 g/mol. The summed E-state index contributed by atoms with van der Waals surface area (Å²) in [7, 11) is -3.05. The highest BCUT2D eigenvalue weighted by Gasteiger charge is 2.47. The van der Waals surface area contributed by atoms with E-state index in [1.165, 1.54) is 5.56 Å². The van der Waals surface area contributed by atoms with Crippen LogP contribution in [0.4, 0.5) is 5.69 Å². The zero-order valence-electron chi connectivity index (χ0n) is 13.7. The molecule has 8 heteroatoms. The number of amidine groups is 1. The second-order valence-electron chi connectivity index (χ2n) is 6.39. The predicted molar refractivity (Wildman–Crippen MR) is 113 cm³/mol. The van der Waals surface area contributed by atoms with E-state index in [-0.39, 0.29) is 23.6 Å². The van der Waals surface area contributed by atoms with Gasteiger partial charge in [0.1, 0.15) is 0 Å². The van der Waals surface area contributed by atoms with Crippen molar-refractivity contribution in [2.45, 2.75) is 17.8 Å². The number of rotatable bonds is 3. The summed E-state index contributed by atoms with van der Waals surface area (Å²) < 4.78 is 25.2. The Kier molecular flexibility index (Phi) is 5.07. The van der Waals surface area contributed by atoms with Crippen molar-refractivity contribution >= 4 is 60.0 Å². The fraction of sp³-hybridized carbons (Fsp3) is 0.278. The maximum absolute atomic E-state index is 12.1. The van der Waals surface area contributed by atoms with Crippen LogP contribution >= 0.6 is 39.3 Å². The number of nitrogens with zero attached hydrogens (tertiary/aromatic N) is 2.